The number of anilines is 1. The van der Waals surface area contributed by atoms with E-state index >= 15 is 0 Å². The molecule has 1 atom stereocenters. The molecule has 0 aliphatic rings. The fourth-order valence-electron chi connectivity index (χ4n) is 1.44. The molecule has 0 spiro atoms. The molecule has 1 aromatic rings. The average molecular weight is 207 g/mol. The van der Waals surface area contributed by atoms with Gasteiger partial charge in [0.15, 0.2) is 0 Å². The second-order valence-corrected chi connectivity index (χ2v) is 3.58. The smallest absolute Gasteiger partial charge is 0.219 e. The van der Waals surface area contributed by atoms with Crippen molar-refractivity contribution in [1.82, 2.24) is 4.98 Å². The van der Waals surface area contributed by atoms with Crippen LogP contribution in [0.3, 0.4) is 0 Å². The van der Waals surface area contributed by atoms with Crippen molar-refractivity contribution in [3.05, 3.63) is 23.9 Å². The molecule has 82 valence electrons. The van der Waals surface area contributed by atoms with Crippen molar-refractivity contribution in [2.45, 2.75) is 32.7 Å². The molecule has 4 nitrogen and oxygen atoms in total. The van der Waals surface area contributed by atoms with E-state index in [0.717, 1.165) is 17.8 Å². The molecule has 0 radical (unpaired) electrons. The van der Waals surface area contributed by atoms with Gasteiger partial charge in [-0.25, -0.2) is 4.98 Å². The minimum absolute atomic E-state index is 0.0164. The topological polar surface area (TPSA) is 68.0 Å². The van der Waals surface area contributed by atoms with Crippen molar-refractivity contribution in [3.8, 4) is 0 Å². The lowest BCUT2D eigenvalue weighted by Gasteiger charge is -2.14. The molecule has 1 aromatic heterocycles. The normalized spacial score (nSPS) is 12.1. The lowest BCUT2D eigenvalue weighted by molar-refractivity contribution is -0.118. The van der Waals surface area contributed by atoms with E-state index in [4.69, 9.17) is 5.73 Å². The summed E-state index contributed by atoms with van der Waals surface area (Å²) in [5, 5.41) is 3.18. The molecule has 0 bridgehead atoms. The maximum Gasteiger partial charge on any atom is 0.219 e. The number of carbonyl (C=O) groups is 1. The summed E-state index contributed by atoms with van der Waals surface area (Å²) >= 11 is 0. The zero-order valence-electron chi connectivity index (χ0n) is 9.16. The summed E-state index contributed by atoms with van der Waals surface area (Å²) in [6.45, 7) is 3.99. The van der Waals surface area contributed by atoms with Crippen LogP contribution < -0.4 is 11.1 Å². The Bertz CT molecular complexity index is 338. The summed E-state index contributed by atoms with van der Waals surface area (Å²) in [6, 6.07) is 3.94. The van der Waals surface area contributed by atoms with Gasteiger partial charge in [-0.15, -0.1) is 0 Å². The number of pyridine rings is 1. The first-order valence-corrected chi connectivity index (χ1v) is 5.12. The van der Waals surface area contributed by atoms with Crippen LogP contribution in [0.2, 0.25) is 0 Å². The van der Waals surface area contributed by atoms with Crippen LogP contribution in [0, 0.1) is 0 Å². The van der Waals surface area contributed by atoms with Crippen LogP contribution in [0.5, 0.6) is 0 Å². The zero-order valence-corrected chi connectivity index (χ0v) is 9.16. The molecule has 3 N–H and O–H groups in total. The molecule has 1 heterocycles. The summed E-state index contributed by atoms with van der Waals surface area (Å²) in [7, 11) is 0. The Morgan fingerprint density at radius 2 is 2.40 bits per heavy atom. The Morgan fingerprint density at radius 3 is 3.00 bits per heavy atom. The number of nitrogens with two attached hydrogens (primary N) is 1. The Hall–Kier alpha value is -1.58. The first-order chi connectivity index (χ1) is 7.13. The molecule has 1 rings (SSSR count). The molecule has 0 saturated carbocycles. The van der Waals surface area contributed by atoms with Crippen LogP contribution in [0.1, 0.15) is 25.8 Å². The Morgan fingerprint density at radius 1 is 1.67 bits per heavy atom. The van der Waals surface area contributed by atoms with Gasteiger partial charge in [-0.3, -0.25) is 4.79 Å². The van der Waals surface area contributed by atoms with Crippen LogP contribution in [0.4, 0.5) is 5.82 Å². The molecule has 0 fully saturated rings. The number of carbonyl (C=O) groups excluding carboxylic acids is 1. The Kier molecular flexibility index (Phi) is 4.09. The second-order valence-electron chi connectivity index (χ2n) is 3.58. The van der Waals surface area contributed by atoms with E-state index in [2.05, 4.69) is 17.2 Å². The van der Waals surface area contributed by atoms with Gasteiger partial charge in [0, 0.05) is 18.7 Å². The van der Waals surface area contributed by atoms with Gasteiger partial charge in [0.1, 0.15) is 5.82 Å². The van der Waals surface area contributed by atoms with Crippen LogP contribution in [0.25, 0.3) is 0 Å². The number of hydrogen-bond donors (Lipinski definition) is 2. The molecule has 1 unspecified atom stereocenters. The minimum atomic E-state index is -0.302. The highest BCUT2D eigenvalue weighted by Gasteiger charge is 2.08. The van der Waals surface area contributed by atoms with E-state index in [1.807, 2.05) is 19.1 Å². The van der Waals surface area contributed by atoms with Crippen molar-refractivity contribution in [2.24, 2.45) is 5.73 Å². The van der Waals surface area contributed by atoms with Crippen LogP contribution in [0.15, 0.2) is 18.3 Å². The number of nitrogens with one attached hydrogen (secondary N) is 1. The maximum absolute atomic E-state index is 10.7. The first kappa shape index (κ1) is 11.5. The molecule has 0 aliphatic heterocycles. The lowest BCUT2D eigenvalue weighted by atomic mass is 10.1. The van der Waals surface area contributed by atoms with E-state index < -0.39 is 0 Å². The number of aromatic nitrogens is 1. The number of aryl methyl sites for hydroxylation is 1. The van der Waals surface area contributed by atoms with Crippen molar-refractivity contribution in [1.29, 1.82) is 0 Å². The van der Waals surface area contributed by atoms with Gasteiger partial charge < -0.3 is 11.1 Å². The predicted molar refractivity (Wildman–Crippen MR) is 60.5 cm³/mol. The number of hydrogen-bond acceptors (Lipinski definition) is 3. The predicted octanol–water partition coefficient (Wildman–Crippen LogP) is 1.32. The average Bonchev–Trinajstić information content (AvgIpc) is 2.17. The number of rotatable bonds is 5. The summed E-state index contributed by atoms with van der Waals surface area (Å²) in [4.78, 5) is 14.9. The standard InChI is InChI=1S/C11H17N3O/c1-3-9-5-4-6-13-11(9)14-8(2)7-10(12)15/h4-6,8H,3,7H2,1-2H3,(H2,12,15)(H,13,14). The molecule has 0 saturated heterocycles. The van der Waals surface area contributed by atoms with Crippen LogP contribution >= 0.6 is 0 Å². The summed E-state index contributed by atoms with van der Waals surface area (Å²) in [5.74, 6) is 0.540. The van der Waals surface area contributed by atoms with E-state index in [1.165, 1.54) is 0 Å². The van der Waals surface area contributed by atoms with E-state index in [-0.39, 0.29) is 11.9 Å². The first-order valence-electron chi connectivity index (χ1n) is 5.12. The summed E-state index contributed by atoms with van der Waals surface area (Å²) in [5.41, 5.74) is 6.27. The molecule has 1 amide bonds. The number of amides is 1. The van der Waals surface area contributed by atoms with Gasteiger partial charge in [0.25, 0.3) is 0 Å². The summed E-state index contributed by atoms with van der Waals surface area (Å²) < 4.78 is 0. The Balaban J connectivity index is 2.67. The van der Waals surface area contributed by atoms with Gasteiger partial charge in [-0.2, -0.15) is 0 Å². The molecule has 0 aromatic carbocycles. The second kappa shape index (κ2) is 5.34. The highest BCUT2D eigenvalue weighted by Crippen LogP contribution is 2.13. The number of nitrogens with zero attached hydrogens (tertiary/aromatic N) is 1. The van der Waals surface area contributed by atoms with E-state index in [9.17, 15) is 4.79 Å². The maximum atomic E-state index is 10.7. The van der Waals surface area contributed by atoms with Gasteiger partial charge >= 0.3 is 0 Å². The highest BCUT2D eigenvalue weighted by molar-refractivity contribution is 5.74. The highest BCUT2D eigenvalue weighted by atomic mass is 16.1. The van der Waals surface area contributed by atoms with Crippen LogP contribution in [-0.4, -0.2) is 16.9 Å². The third-order valence-corrected chi connectivity index (χ3v) is 2.16. The van der Waals surface area contributed by atoms with E-state index in [0.29, 0.717) is 6.42 Å². The molecular weight excluding hydrogens is 190 g/mol. The van der Waals surface area contributed by atoms with Crippen LogP contribution in [-0.2, 0) is 11.2 Å². The van der Waals surface area contributed by atoms with Gasteiger partial charge in [-0.05, 0) is 25.0 Å². The molecule has 0 aliphatic carbocycles. The summed E-state index contributed by atoms with van der Waals surface area (Å²) in [6.07, 6.45) is 2.97. The zero-order chi connectivity index (χ0) is 11.3. The van der Waals surface area contributed by atoms with Gasteiger partial charge in [0.2, 0.25) is 5.91 Å². The van der Waals surface area contributed by atoms with E-state index in [1.54, 1.807) is 6.20 Å². The number of primary amides is 1. The van der Waals surface area contributed by atoms with Crippen molar-refractivity contribution >= 4 is 11.7 Å². The fourth-order valence-corrected chi connectivity index (χ4v) is 1.44. The quantitative estimate of drug-likeness (QED) is 0.765. The van der Waals surface area contributed by atoms with Gasteiger partial charge in [0.05, 0.1) is 0 Å². The van der Waals surface area contributed by atoms with Crippen molar-refractivity contribution in [3.63, 3.8) is 0 Å². The van der Waals surface area contributed by atoms with Crippen molar-refractivity contribution < 1.29 is 4.79 Å². The molecule has 4 heteroatoms. The fraction of sp³-hybridized carbons (Fsp3) is 0.455. The van der Waals surface area contributed by atoms with Gasteiger partial charge in [-0.1, -0.05) is 13.0 Å². The van der Waals surface area contributed by atoms with Crippen molar-refractivity contribution in [2.75, 3.05) is 5.32 Å². The largest absolute Gasteiger partial charge is 0.370 e. The molecule has 15 heavy (non-hydrogen) atoms. The third kappa shape index (κ3) is 3.58. The SMILES string of the molecule is CCc1cccnc1NC(C)CC(N)=O. The minimum Gasteiger partial charge on any atom is -0.370 e. The molecular formula is C11H17N3O. The monoisotopic (exact) mass is 207 g/mol. The lowest BCUT2D eigenvalue weighted by Crippen LogP contribution is -2.24. The third-order valence-electron chi connectivity index (χ3n) is 2.16. The Labute approximate surface area is 89.9 Å².